The molecule has 0 saturated heterocycles. The number of carbonyl (C=O) groups excluding carboxylic acids is 1. The van der Waals surface area contributed by atoms with Crippen molar-refractivity contribution in [3.63, 3.8) is 0 Å². The molecular formula is C26H50N2O3. The lowest BCUT2D eigenvalue weighted by atomic mass is 10.0. The van der Waals surface area contributed by atoms with E-state index in [1.165, 1.54) is 77.0 Å². The van der Waals surface area contributed by atoms with Gasteiger partial charge in [0.05, 0.1) is 0 Å². The second-order valence-electron chi connectivity index (χ2n) is 8.80. The van der Waals surface area contributed by atoms with E-state index in [4.69, 9.17) is 10.8 Å². The molecule has 182 valence electrons. The Morgan fingerprint density at radius 2 is 1.29 bits per heavy atom. The molecule has 1 atom stereocenters. The van der Waals surface area contributed by atoms with Crippen molar-refractivity contribution in [3.8, 4) is 0 Å². The number of carbonyl (C=O) groups is 2. The molecule has 0 aliphatic heterocycles. The number of unbranched alkanes of at least 4 members (excludes halogenated alkanes) is 14. The summed E-state index contributed by atoms with van der Waals surface area (Å²) in [5.41, 5.74) is 5.45. The van der Waals surface area contributed by atoms with Crippen molar-refractivity contribution >= 4 is 11.9 Å². The van der Waals surface area contributed by atoms with E-state index in [1.807, 2.05) is 0 Å². The summed E-state index contributed by atoms with van der Waals surface area (Å²) in [6.45, 7) is 2.80. The van der Waals surface area contributed by atoms with Crippen LogP contribution >= 0.6 is 0 Å². The fourth-order valence-corrected chi connectivity index (χ4v) is 3.71. The summed E-state index contributed by atoms with van der Waals surface area (Å²) in [5.74, 6) is -0.846. The fraction of sp³-hybridized carbons (Fsp3) is 0.846. The first kappa shape index (κ1) is 29.6. The van der Waals surface area contributed by atoms with Crippen molar-refractivity contribution in [2.24, 2.45) is 5.73 Å². The molecule has 0 spiro atoms. The van der Waals surface area contributed by atoms with Gasteiger partial charge < -0.3 is 16.2 Å². The standard InChI is InChI=1S/C26H50N2O3/c1-2-3-4-5-6-7-8-9-10-11-12-13-14-15-16-17-18-22-25(29)28-23-20-19-21-24(27)26(30)31/h3-4,24H,2,5-23,27H2,1H3,(H,28,29)(H,30,31)/b4-3+/t24-/m0/s1. The summed E-state index contributed by atoms with van der Waals surface area (Å²) < 4.78 is 0. The predicted octanol–water partition coefficient (Wildman–Crippen LogP) is 6.50. The minimum Gasteiger partial charge on any atom is -0.480 e. The molecule has 5 nitrogen and oxygen atoms in total. The first-order chi connectivity index (χ1) is 15.1. The third-order valence-electron chi connectivity index (χ3n) is 5.76. The summed E-state index contributed by atoms with van der Waals surface area (Å²) in [6.07, 6.45) is 26.6. The second-order valence-corrected chi connectivity index (χ2v) is 8.80. The number of nitrogens with two attached hydrogens (primary N) is 1. The van der Waals surface area contributed by atoms with E-state index >= 15 is 0 Å². The highest BCUT2D eigenvalue weighted by Crippen LogP contribution is 2.13. The Balaban J connectivity index is 3.21. The van der Waals surface area contributed by atoms with E-state index in [-0.39, 0.29) is 5.91 Å². The third kappa shape index (κ3) is 23.1. The minimum atomic E-state index is -0.957. The van der Waals surface area contributed by atoms with E-state index in [2.05, 4.69) is 24.4 Å². The molecule has 0 fully saturated rings. The van der Waals surface area contributed by atoms with Gasteiger partial charge in [-0.05, 0) is 44.9 Å². The van der Waals surface area contributed by atoms with Gasteiger partial charge >= 0.3 is 5.97 Å². The number of carboxylic acids is 1. The number of rotatable bonds is 23. The van der Waals surface area contributed by atoms with Crippen LogP contribution in [0.5, 0.6) is 0 Å². The molecule has 0 aliphatic carbocycles. The fourth-order valence-electron chi connectivity index (χ4n) is 3.71. The van der Waals surface area contributed by atoms with Gasteiger partial charge in [0, 0.05) is 13.0 Å². The second kappa shape index (κ2) is 23.3. The van der Waals surface area contributed by atoms with Crippen LogP contribution in [0.2, 0.25) is 0 Å². The minimum absolute atomic E-state index is 0.111. The molecule has 0 bridgehead atoms. The molecule has 0 saturated carbocycles. The molecule has 4 N–H and O–H groups in total. The van der Waals surface area contributed by atoms with Crippen LogP contribution < -0.4 is 11.1 Å². The Labute approximate surface area is 191 Å². The van der Waals surface area contributed by atoms with Crippen LogP contribution in [0.4, 0.5) is 0 Å². The molecule has 0 aromatic heterocycles. The molecule has 1 amide bonds. The first-order valence-electron chi connectivity index (χ1n) is 13.0. The van der Waals surface area contributed by atoms with Gasteiger partial charge in [0.2, 0.25) is 5.91 Å². The zero-order valence-corrected chi connectivity index (χ0v) is 20.2. The average molecular weight is 439 g/mol. The number of nitrogens with one attached hydrogen (secondary N) is 1. The molecule has 0 aromatic carbocycles. The third-order valence-corrected chi connectivity index (χ3v) is 5.76. The van der Waals surface area contributed by atoms with Gasteiger partial charge in [-0.1, -0.05) is 89.7 Å². The Morgan fingerprint density at radius 1 is 0.774 bits per heavy atom. The summed E-state index contributed by atoms with van der Waals surface area (Å²) >= 11 is 0. The lowest BCUT2D eigenvalue weighted by molar-refractivity contribution is -0.138. The van der Waals surface area contributed by atoms with Gasteiger partial charge in [-0.2, -0.15) is 0 Å². The number of hydrogen-bond donors (Lipinski definition) is 3. The SMILES string of the molecule is CC/C=C/CCCCCCCCCCCCCCCC(=O)NCCCC[C@H](N)C(=O)O. The van der Waals surface area contributed by atoms with Crippen LogP contribution in [0.25, 0.3) is 0 Å². The maximum absolute atomic E-state index is 11.8. The van der Waals surface area contributed by atoms with Crippen LogP contribution in [-0.2, 0) is 9.59 Å². The van der Waals surface area contributed by atoms with E-state index in [0.29, 0.717) is 19.4 Å². The smallest absolute Gasteiger partial charge is 0.320 e. The Hall–Kier alpha value is -1.36. The van der Waals surface area contributed by atoms with Gasteiger partial charge in [0.25, 0.3) is 0 Å². The van der Waals surface area contributed by atoms with Crippen molar-refractivity contribution in [1.29, 1.82) is 0 Å². The molecule has 5 heteroatoms. The monoisotopic (exact) mass is 438 g/mol. The number of aliphatic carboxylic acids is 1. The van der Waals surface area contributed by atoms with Crippen molar-refractivity contribution in [1.82, 2.24) is 5.32 Å². The zero-order chi connectivity index (χ0) is 23.0. The lowest BCUT2D eigenvalue weighted by Crippen LogP contribution is -2.30. The van der Waals surface area contributed by atoms with E-state index in [9.17, 15) is 9.59 Å². The maximum Gasteiger partial charge on any atom is 0.320 e. The molecule has 0 aliphatic rings. The topological polar surface area (TPSA) is 92.4 Å². The summed E-state index contributed by atoms with van der Waals surface area (Å²) in [4.78, 5) is 22.4. The van der Waals surface area contributed by atoms with Gasteiger partial charge in [-0.15, -0.1) is 0 Å². The quantitative estimate of drug-likeness (QED) is 0.125. The van der Waals surface area contributed by atoms with Crippen molar-refractivity contribution in [3.05, 3.63) is 12.2 Å². The van der Waals surface area contributed by atoms with Crippen molar-refractivity contribution in [2.45, 2.75) is 135 Å². The normalized spacial score (nSPS) is 12.3. The van der Waals surface area contributed by atoms with Gasteiger partial charge in [0.1, 0.15) is 6.04 Å². The number of hydrogen-bond acceptors (Lipinski definition) is 3. The highest BCUT2D eigenvalue weighted by Gasteiger charge is 2.10. The van der Waals surface area contributed by atoms with E-state index in [1.54, 1.807) is 0 Å². The molecule has 0 unspecified atom stereocenters. The number of amides is 1. The number of carboxylic acid groups (broad SMARTS) is 1. The van der Waals surface area contributed by atoms with Crippen LogP contribution in [0, 0.1) is 0 Å². The Morgan fingerprint density at radius 3 is 1.81 bits per heavy atom. The molecule has 0 heterocycles. The van der Waals surface area contributed by atoms with Crippen molar-refractivity contribution < 1.29 is 14.7 Å². The van der Waals surface area contributed by atoms with Crippen LogP contribution in [0.1, 0.15) is 129 Å². The molecule has 0 aromatic rings. The van der Waals surface area contributed by atoms with Crippen LogP contribution in [0.3, 0.4) is 0 Å². The summed E-state index contributed by atoms with van der Waals surface area (Å²) in [6, 6.07) is -0.788. The highest BCUT2D eigenvalue weighted by molar-refractivity contribution is 5.75. The molecule has 0 radical (unpaired) electrons. The zero-order valence-electron chi connectivity index (χ0n) is 20.2. The lowest BCUT2D eigenvalue weighted by Gasteiger charge is -2.07. The Bertz CT molecular complexity index is 452. The van der Waals surface area contributed by atoms with Gasteiger partial charge in [-0.3, -0.25) is 9.59 Å². The summed E-state index contributed by atoms with van der Waals surface area (Å²) in [7, 11) is 0. The molecule has 0 rings (SSSR count). The summed E-state index contributed by atoms with van der Waals surface area (Å²) in [5, 5.41) is 11.6. The van der Waals surface area contributed by atoms with Crippen LogP contribution in [0.15, 0.2) is 12.2 Å². The van der Waals surface area contributed by atoms with Crippen molar-refractivity contribution in [2.75, 3.05) is 6.54 Å². The van der Waals surface area contributed by atoms with E-state index in [0.717, 1.165) is 32.1 Å². The predicted molar refractivity (Wildman–Crippen MR) is 131 cm³/mol. The van der Waals surface area contributed by atoms with Crippen LogP contribution in [-0.4, -0.2) is 29.6 Å². The van der Waals surface area contributed by atoms with E-state index < -0.39 is 12.0 Å². The Kier molecular flexibility index (Phi) is 22.3. The maximum atomic E-state index is 11.8. The highest BCUT2D eigenvalue weighted by atomic mass is 16.4. The molecule has 31 heavy (non-hydrogen) atoms. The largest absolute Gasteiger partial charge is 0.480 e. The molecular weight excluding hydrogens is 388 g/mol. The van der Waals surface area contributed by atoms with Gasteiger partial charge in [0.15, 0.2) is 0 Å². The van der Waals surface area contributed by atoms with Gasteiger partial charge in [-0.25, -0.2) is 0 Å². The number of allylic oxidation sites excluding steroid dienone is 2. The first-order valence-corrected chi connectivity index (χ1v) is 13.0. The average Bonchev–Trinajstić information content (AvgIpc) is 2.75.